The first-order valence-corrected chi connectivity index (χ1v) is 11.0. The van der Waals surface area contributed by atoms with Crippen LogP contribution in [0.15, 0.2) is 35.3 Å². The number of likely N-dealkylation sites (tertiary alicyclic amines) is 1. The van der Waals surface area contributed by atoms with E-state index < -0.39 is 6.04 Å². The number of amidine groups is 2. The third kappa shape index (κ3) is 3.90. The average molecular weight is 411 g/mol. The summed E-state index contributed by atoms with van der Waals surface area (Å²) in [7, 11) is 3.26. The Kier molecular flexibility index (Phi) is 5.99. The highest BCUT2D eigenvalue weighted by Gasteiger charge is 2.52. The van der Waals surface area contributed by atoms with Gasteiger partial charge in [-0.2, -0.15) is 0 Å². The first-order valence-electron chi connectivity index (χ1n) is 11.0. The third-order valence-electron chi connectivity index (χ3n) is 6.52. The van der Waals surface area contributed by atoms with E-state index in [0.29, 0.717) is 5.84 Å². The Labute approximate surface area is 178 Å². The summed E-state index contributed by atoms with van der Waals surface area (Å²) in [5.41, 5.74) is 1.42. The molecule has 0 bridgehead atoms. The second-order valence-corrected chi connectivity index (χ2v) is 8.63. The van der Waals surface area contributed by atoms with Gasteiger partial charge in [0.05, 0.1) is 6.54 Å². The summed E-state index contributed by atoms with van der Waals surface area (Å²) < 4.78 is 2.10. The molecule has 30 heavy (non-hydrogen) atoms. The van der Waals surface area contributed by atoms with E-state index in [1.165, 1.54) is 28.2 Å². The van der Waals surface area contributed by atoms with Gasteiger partial charge in [0.2, 0.25) is 0 Å². The number of hydrogen-bond donors (Lipinski definition) is 0. The Hall–Kier alpha value is -2.54. The second-order valence-electron chi connectivity index (χ2n) is 8.63. The van der Waals surface area contributed by atoms with Gasteiger partial charge >= 0.3 is 11.9 Å². The third-order valence-corrected chi connectivity index (χ3v) is 6.52. The van der Waals surface area contributed by atoms with Crippen LogP contribution in [-0.2, 0) is 11.2 Å². The summed E-state index contributed by atoms with van der Waals surface area (Å²) >= 11 is 0. The van der Waals surface area contributed by atoms with Crippen LogP contribution in [-0.4, -0.2) is 89.2 Å². The van der Waals surface area contributed by atoms with Gasteiger partial charge in [0.1, 0.15) is 6.54 Å². The lowest BCUT2D eigenvalue weighted by molar-refractivity contribution is -0.536. The molecule has 1 aromatic rings. The van der Waals surface area contributed by atoms with Gasteiger partial charge in [-0.25, -0.2) is 9.37 Å². The smallest absolute Gasteiger partial charge is 0.292 e. The monoisotopic (exact) mass is 410 g/mol. The van der Waals surface area contributed by atoms with Gasteiger partial charge in [0, 0.05) is 14.1 Å². The molecule has 2 fully saturated rings. The van der Waals surface area contributed by atoms with Crippen LogP contribution in [0.2, 0.25) is 0 Å². The molecule has 3 amide bonds. The van der Waals surface area contributed by atoms with Gasteiger partial charge in [-0.05, 0) is 55.2 Å². The van der Waals surface area contributed by atoms with Crippen molar-refractivity contribution >= 4 is 23.6 Å². The zero-order valence-electron chi connectivity index (χ0n) is 18.3. The standard InChI is InChI=1S/C23H32N5O2/c1-4-12-28-19(24-21-20(28)22(29)26(3)23(30)25(21)2)16-27-13-10-18(11-14-27)15-17-8-6-5-7-9-17/h5-9,18,20H,4,10-16H2,1-3H3/q+1. The van der Waals surface area contributed by atoms with E-state index in [2.05, 4.69) is 46.7 Å². The largest absolute Gasteiger partial charge is 0.333 e. The maximum atomic E-state index is 12.8. The van der Waals surface area contributed by atoms with Crippen molar-refractivity contribution in [1.29, 1.82) is 0 Å². The van der Waals surface area contributed by atoms with Crippen LogP contribution in [0.5, 0.6) is 0 Å². The molecule has 7 nitrogen and oxygen atoms in total. The molecule has 3 aliphatic heterocycles. The number of benzene rings is 1. The maximum absolute atomic E-state index is 12.8. The number of amides is 3. The number of nitrogens with zero attached hydrogens (tertiary/aromatic N) is 5. The van der Waals surface area contributed by atoms with Crippen molar-refractivity contribution < 1.29 is 14.2 Å². The number of urea groups is 1. The minimum atomic E-state index is -0.469. The highest BCUT2D eigenvalue weighted by molar-refractivity contribution is 6.23. The molecule has 1 atom stereocenters. The number of carbonyl (C=O) groups is 2. The molecule has 0 N–H and O–H groups in total. The van der Waals surface area contributed by atoms with Crippen LogP contribution in [0.3, 0.4) is 0 Å². The van der Waals surface area contributed by atoms with Crippen LogP contribution < -0.4 is 0 Å². The Morgan fingerprint density at radius 1 is 1.07 bits per heavy atom. The van der Waals surface area contributed by atoms with E-state index in [4.69, 9.17) is 4.99 Å². The lowest BCUT2D eigenvalue weighted by atomic mass is 9.90. The van der Waals surface area contributed by atoms with Crippen molar-refractivity contribution in [2.24, 2.45) is 10.9 Å². The van der Waals surface area contributed by atoms with Crippen molar-refractivity contribution in [3.05, 3.63) is 35.9 Å². The zero-order chi connectivity index (χ0) is 21.3. The zero-order valence-corrected chi connectivity index (χ0v) is 18.3. The molecule has 4 rings (SSSR count). The molecule has 1 aromatic carbocycles. The number of aliphatic imine (C=N–C) groups is 1. The van der Waals surface area contributed by atoms with Gasteiger partial charge in [-0.15, -0.1) is 0 Å². The minimum Gasteiger partial charge on any atom is -0.292 e. The number of imide groups is 1. The molecule has 0 aromatic heterocycles. The molecule has 0 saturated carbocycles. The van der Waals surface area contributed by atoms with Gasteiger partial charge < -0.3 is 0 Å². The summed E-state index contributed by atoms with van der Waals surface area (Å²) in [5, 5.41) is 0. The maximum Gasteiger partial charge on any atom is 0.333 e. The van der Waals surface area contributed by atoms with E-state index >= 15 is 0 Å². The molecule has 2 saturated heterocycles. The van der Waals surface area contributed by atoms with Gasteiger partial charge in [0.25, 0.3) is 17.8 Å². The van der Waals surface area contributed by atoms with E-state index in [0.717, 1.165) is 50.8 Å². The summed E-state index contributed by atoms with van der Waals surface area (Å²) in [6, 6.07) is 9.95. The SMILES string of the molecule is CCC[N+]1=C(CN2CCC(Cc3ccccc3)CC2)N=C2C1C(=O)N(C)C(=O)N2C. The topological polar surface area (TPSA) is 59.2 Å². The number of likely N-dealkylation sites (N-methyl/N-ethyl adjacent to an activating group) is 2. The molecule has 7 heteroatoms. The fraction of sp³-hybridized carbons (Fsp3) is 0.565. The molecule has 160 valence electrons. The highest BCUT2D eigenvalue weighted by Crippen LogP contribution is 2.23. The lowest BCUT2D eigenvalue weighted by Gasteiger charge is -2.31. The quantitative estimate of drug-likeness (QED) is 0.675. The van der Waals surface area contributed by atoms with E-state index in [9.17, 15) is 9.59 Å². The fourth-order valence-corrected chi connectivity index (χ4v) is 4.77. The second kappa shape index (κ2) is 8.68. The van der Waals surface area contributed by atoms with Gasteiger partial charge in [-0.1, -0.05) is 37.3 Å². The number of piperidine rings is 1. The molecule has 0 aliphatic carbocycles. The van der Waals surface area contributed by atoms with Crippen LogP contribution in [0.25, 0.3) is 0 Å². The van der Waals surface area contributed by atoms with Crippen molar-refractivity contribution in [1.82, 2.24) is 14.7 Å². The van der Waals surface area contributed by atoms with E-state index in [1.54, 1.807) is 14.1 Å². The molecule has 0 spiro atoms. The van der Waals surface area contributed by atoms with E-state index in [-0.39, 0.29) is 11.9 Å². The van der Waals surface area contributed by atoms with Gasteiger partial charge in [0.15, 0.2) is 0 Å². The van der Waals surface area contributed by atoms with Gasteiger partial charge in [-0.3, -0.25) is 19.5 Å². The van der Waals surface area contributed by atoms with Crippen molar-refractivity contribution in [3.63, 3.8) is 0 Å². The van der Waals surface area contributed by atoms with Crippen molar-refractivity contribution in [2.75, 3.05) is 40.3 Å². The normalized spacial score (nSPS) is 23.3. The van der Waals surface area contributed by atoms with Crippen LogP contribution in [0, 0.1) is 5.92 Å². The number of rotatable bonds is 6. The molecular formula is C23H32N5O2+. The van der Waals surface area contributed by atoms with Crippen LogP contribution >= 0.6 is 0 Å². The van der Waals surface area contributed by atoms with Crippen LogP contribution in [0.1, 0.15) is 31.7 Å². The Morgan fingerprint density at radius 3 is 2.43 bits per heavy atom. The predicted octanol–water partition coefficient (Wildman–Crippen LogP) is 2.07. The summed E-state index contributed by atoms with van der Waals surface area (Å²) in [5.74, 6) is 2.03. The fourth-order valence-electron chi connectivity index (χ4n) is 4.77. The first-order chi connectivity index (χ1) is 14.5. The number of fused-ring (bicyclic) bond motifs is 1. The molecule has 3 aliphatic rings. The molecule has 3 heterocycles. The Bertz CT molecular complexity index is 871. The first kappa shape index (κ1) is 20.7. The van der Waals surface area contributed by atoms with Crippen molar-refractivity contribution in [3.8, 4) is 0 Å². The van der Waals surface area contributed by atoms with Crippen molar-refractivity contribution in [2.45, 2.75) is 38.6 Å². The summed E-state index contributed by atoms with van der Waals surface area (Å²) in [4.78, 5) is 35.1. The Balaban J connectivity index is 1.44. The molecular weight excluding hydrogens is 378 g/mol. The minimum absolute atomic E-state index is 0.179. The number of carbonyl (C=O) groups excluding carboxylic acids is 2. The lowest BCUT2D eigenvalue weighted by Crippen LogP contribution is -2.61. The highest BCUT2D eigenvalue weighted by atomic mass is 16.2. The molecule has 0 radical (unpaired) electrons. The summed E-state index contributed by atoms with van der Waals surface area (Å²) in [6.07, 6.45) is 4.42. The predicted molar refractivity (Wildman–Crippen MR) is 117 cm³/mol. The summed E-state index contributed by atoms with van der Waals surface area (Å²) in [6.45, 7) is 5.69. The Morgan fingerprint density at radius 2 is 1.77 bits per heavy atom. The average Bonchev–Trinajstić information content (AvgIpc) is 3.11. The molecule has 1 unspecified atom stereocenters. The van der Waals surface area contributed by atoms with E-state index in [1.807, 2.05) is 0 Å². The van der Waals surface area contributed by atoms with Crippen LogP contribution in [0.4, 0.5) is 4.79 Å². The number of hydrogen-bond acceptors (Lipinski definition) is 4.